The van der Waals surface area contributed by atoms with E-state index in [-0.39, 0.29) is 6.04 Å². The highest BCUT2D eigenvalue weighted by atomic mass is 79.9. The van der Waals surface area contributed by atoms with Crippen molar-refractivity contribution in [3.8, 4) is 0 Å². The Hall–Kier alpha value is 0.440. The summed E-state index contributed by atoms with van der Waals surface area (Å²) in [6.07, 6.45) is 0. The Labute approximate surface area is 135 Å². The number of nitrogens with zero attached hydrogens (tertiary/aromatic N) is 1. The standard InChI is InChI=1S/C10H9BrCl3NO3S/c11-8-4-2-1-3-7(8)9-5-15(9)19(16,17)18-6-10(12,13)14/h1-4,9H,5-6H2/t9-,15?/m0/s1. The average molecular weight is 410 g/mol. The van der Waals surface area contributed by atoms with Gasteiger partial charge in [-0.25, -0.2) is 0 Å². The minimum Gasteiger partial charge on any atom is -0.253 e. The molecule has 0 aromatic heterocycles. The van der Waals surface area contributed by atoms with E-state index in [9.17, 15) is 8.42 Å². The fourth-order valence-corrected chi connectivity index (χ4v) is 3.70. The Morgan fingerprint density at radius 3 is 2.58 bits per heavy atom. The van der Waals surface area contributed by atoms with Crippen molar-refractivity contribution >= 4 is 61.0 Å². The van der Waals surface area contributed by atoms with Crippen molar-refractivity contribution in [1.82, 2.24) is 4.31 Å². The fourth-order valence-electron chi connectivity index (χ4n) is 1.58. The molecule has 0 bridgehead atoms. The molecule has 1 aromatic rings. The Balaban J connectivity index is 2.04. The Morgan fingerprint density at radius 2 is 2.00 bits per heavy atom. The van der Waals surface area contributed by atoms with E-state index >= 15 is 0 Å². The first-order valence-corrected chi connectivity index (χ1v) is 8.47. The molecule has 1 unspecified atom stereocenters. The van der Waals surface area contributed by atoms with Crippen molar-refractivity contribution < 1.29 is 12.6 Å². The van der Waals surface area contributed by atoms with E-state index in [0.717, 1.165) is 10.0 Å². The molecule has 1 heterocycles. The Bertz CT molecular complexity index is 576. The van der Waals surface area contributed by atoms with Crippen molar-refractivity contribution in [3.05, 3.63) is 34.3 Å². The van der Waals surface area contributed by atoms with Gasteiger partial charge in [-0.15, -0.1) is 0 Å². The van der Waals surface area contributed by atoms with Gasteiger partial charge < -0.3 is 0 Å². The van der Waals surface area contributed by atoms with Crippen LogP contribution in [0.2, 0.25) is 0 Å². The summed E-state index contributed by atoms with van der Waals surface area (Å²) in [5.41, 5.74) is 0.878. The molecular formula is C10H9BrCl3NO3S. The molecule has 106 valence electrons. The highest BCUT2D eigenvalue weighted by molar-refractivity contribution is 9.10. The van der Waals surface area contributed by atoms with Gasteiger partial charge in [0.1, 0.15) is 6.61 Å². The van der Waals surface area contributed by atoms with E-state index in [4.69, 9.17) is 39.0 Å². The number of alkyl halides is 3. The zero-order chi connectivity index (χ0) is 14.3. The summed E-state index contributed by atoms with van der Waals surface area (Å²) in [6, 6.07) is 7.15. The lowest BCUT2D eigenvalue weighted by Crippen LogP contribution is -2.22. The molecule has 9 heteroatoms. The lowest BCUT2D eigenvalue weighted by atomic mass is 10.2. The molecule has 2 rings (SSSR count). The van der Waals surface area contributed by atoms with Crippen LogP contribution < -0.4 is 0 Å². The second kappa shape index (κ2) is 5.67. The van der Waals surface area contributed by atoms with Gasteiger partial charge >= 0.3 is 10.3 Å². The third-order valence-corrected chi connectivity index (χ3v) is 4.93. The molecule has 0 spiro atoms. The Morgan fingerprint density at radius 1 is 1.37 bits per heavy atom. The maximum atomic E-state index is 11.8. The van der Waals surface area contributed by atoms with Crippen molar-refractivity contribution in [2.45, 2.75) is 9.83 Å². The van der Waals surface area contributed by atoms with Crippen LogP contribution in [0.3, 0.4) is 0 Å². The monoisotopic (exact) mass is 407 g/mol. The van der Waals surface area contributed by atoms with Crippen LogP contribution in [0.15, 0.2) is 28.7 Å². The van der Waals surface area contributed by atoms with Gasteiger partial charge in [0.05, 0.1) is 6.04 Å². The highest BCUT2D eigenvalue weighted by Crippen LogP contribution is 2.41. The lowest BCUT2D eigenvalue weighted by molar-refractivity contribution is 0.305. The molecule has 2 atom stereocenters. The van der Waals surface area contributed by atoms with Gasteiger partial charge in [-0.2, -0.15) is 12.7 Å². The molecule has 0 radical (unpaired) electrons. The summed E-state index contributed by atoms with van der Waals surface area (Å²) in [5.74, 6) is 0. The molecule has 0 saturated carbocycles. The van der Waals surface area contributed by atoms with Crippen LogP contribution in [-0.2, 0) is 14.5 Å². The number of hydrogen-bond acceptors (Lipinski definition) is 3. The normalized spacial score (nSPS) is 23.4. The van der Waals surface area contributed by atoms with Crippen molar-refractivity contribution in [2.24, 2.45) is 0 Å². The smallest absolute Gasteiger partial charge is 0.253 e. The summed E-state index contributed by atoms with van der Waals surface area (Å²) in [6.45, 7) is -0.163. The summed E-state index contributed by atoms with van der Waals surface area (Å²) in [4.78, 5) is 0. The van der Waals surface area contributed by atoms with Crippen LogP contribution in [0.25, 0.3) is 0 Å². The largest absolute Gasteiger partial charge is 0.339 e. The van der Waals surface area contributed by atoms with Crippen LogP contribution >= 0.6 is 50.7 Å². The van der Waals surface area contributed by atoms with Gasteiger partial charge in [0.15, 0.2) is 0 Å². The second-order valence-electron chi connectivity index (χ2n) is 3.94. The molecule has 0 aliphatic carbocycles. The minimum absolute atomic E-state index is 0.240. The molecule has 0 amide bonds. The molecule has 1 saturated heterocycles. The van der Waals surface area contributed by atoms with Gasteiger partial charge in [0.25, 0.3) is 0 Å². The molecule has 4 nitrogen and oxygen atoms in total. The zero-order valence-corrected chi connectivity index (χ0v) is 14.1. The van der Waals surface area contributed by atoms with Gasteiger partial charge in [-0.1, -0.05) is 68.9 Å². The van der Waals surface area contributed by atoms with E-state index in [0.29, 0.717) is 6.54 Å². The van der Waals surface area contributed by atoms with Crippen LogP contribution in [-0.4, -0.2) is 29.7 Å². The summed E-state index contributed by atoms with van der Waals surface area (Å²) >= 11 is 19.8. The summed E-state index contributed by atoms with van der Waals surface area (Å²) < 4.78 is 28.7. The van der Waals surface area contributed by atoms with E-state index in [1.807, 2.05) is 24.3 Å². The Kier molecular flexibility index (Phi) is 4.72. The fraction of sp³-hybridized carbons (Fsp3) is 0.400. The van der Waals surface area contributed by atoms with Crippen molar-refractivity contribution in [3.63, 3.8) is 0 Å². The van der Waals surface area contributed by atoms with E-state index in [1.54, 1.807) is 0 Å². The van der Waals surface area contributed by atoms with E-state index < -0.39 is 20.7 Å². The lowest BCUT2D eigenvalue weighted by Gasteiger charge is -2.12. The first-order chi connectivity index (χ1) is 8.71. The highest BCUT2D eigenvalue weighted by Gasteiger charge is 2.47. The maximum absolute atomic E-state index is 11.8. The molecule has 1 aromatic carbocycles. The van der Waals surface area contributed by atoms with Gasteiger partial charge in [-0.05, 0) is 11.6 Å². The predicted octanol–water partition coefficient (Wildman–Crippen LogP) is 3.44. The maximum Gasteiger partial charge on any atom is 0.339 e. The molecule has 1 aliphatic heterocycles. The first kappa shape index (κ1) is 15.8. The molecule has 0 N–H and O–H groups in total. The van der Waals surface area contributed by atoms with Crippen LogP contribution in [0, 0.1) is 0 Å². The molecule has 1 fully saturated rings. The quantitative estimate of drug-likeness (QED) is 0.565. The molecular weight excluding hydrogens is 400 g/mol. The van der Waals surface area contributed by atoms with Crippen LogP contribution in [0.5, 0.6) is 0 Å². The van der Waals surface area contributed by atoms with E-state index in [1.165, 1.54) is 4.31 Å². The average Bonchev–Trinajstić information content (AvgIpc) is 3.07. The topological polar surface area (TPSA) is 46.4 Å². The number of rotatable bonds is 4. The predicted molar refractivity (Wildman–Crippen MR) is 78.8 cm³/mol. The third-order valence-electron chi connectivity index (χ3n) is 2.49. The van der Waals surface area contributed by atoms with Gasteiger partial charge in [0, 0.05) is 11.0 Å². The number of hydrogen-bond donors (Lipinski definition) is 0. The van der Waals surface area contributed by atoms with Crippen molar-refractivity contribution in [1.29, 1.82) is 0 Å². The summed E-state index contributed by atoms with van der Waals surface area (Å²) in [5, 5.41) is 0. The molecule has 19 heavy (non-hydrogen) atoms. The third kappa shape index (κ3) is 4.20. The van der Waals surface area contributed by atoms with Gasteiger partial charge in [-0.3, -0.25) is 4.18 Å². The van der Waals surface area contributed by atoms with Gasteiger partial charge in [0.2, 0.25) is 3.79 Å². The minimum atomic E-state index is -3.88. The van der Waals surface area contributed by atoms with Crippen molar-refractivity contribution in [2.75, 3.05) is 13.2 Å². The second-order valence-corrected chi connectivity index (χ2v) is 8.87. The number of halogens is 4. The number of benzene rings is 1. The molecule has 1 aliphatic rings. The summed E-state index contributed by atoms with van der Waals surface area (Å²) in [7, 11) is -3.88. The SMILES string of the molecule is O=S(=O)(OCC(Cl)(Cl)Cl)N1C[C@H]1c1ccccc1Br. The van der Waals surface area contributed by atoms with Crippen LogP contribution in [0.4, 0.5) is 0 Å². The zero-order valence-electron chi connectivity index (χ0n) is 9.39. The van der Waals surface area contributed by atoms with E-state index in [2.05, 4.69) is 15.9 Å². The van der Waals surface area contributed by atoms with Crippen LogP contribution in [0.1, 0.15) is 11.6 Å². The first-order valence-electron chi connectivity index (χ1n) is 5.18.